The Morgan fingerprint density at radius 1 is 1.83 bits per heavy atom. The fourth-order valence-corrected chi connectivity index (χ4v) is 1.25. The fourth-order valence-electron chi connectivity index (χ4n) is 1.25. The first-order valence-corrected chi connectivity index (χ1v) is 4.04. The predicted molar refractivity (Wildman–Crippen MR) is 44.3 cm³/mol. The number of carbonyl (C=O) groups excluding carboxylic acids is 1. The minimum Gasteiger partial charge on any atom is -0.340 e. The monoisotopic (exact) mass is 167 g/mol. The number of hydrogen-bond acceptors (Lipinski definition) is 3. The predicted octanol–water partition coefficient (Wildman–Crippen LogP) is -0.281. The van der Waals surface area contributed by atoms with Crippen LogP contribution < -0.4 is 5.32 Å². The van der Waals surface area contributed by atoms with E-state index in [4.69, 9.17) is 5.26 Å². The van der Waals surface area contributed by atoms with Crippen molar-refractivity contribution < 1.29 is 4.79 Å². The summed E-state index contributed by atoms with van der Waals surface area (Å²) in [6, 6.07) is 1.93. The molecule has 1 amide bonds. The first-order chi connectivity index (χ1) is 5.66. The summed E-state index contributed by atoms with van der Waals surface area (Å²) in [6.45, 7) is 2.75. The zero-order valence-electron chi connectivity index (χ0n) is 7.37. The number of nitriles is 1. The summed E-state index contributed by atoms with van der Waals surface area (Å²) in [4.78, 5) is 13.1. The molecule has 0 spiro atoms. The van der Waals surface area contributed by atoms with Gasteiger partial charge in [0.25, 0.3) is 0 Å². The van der Waals surface area contributed by atoms with Crippen LogP contribution in [0.2, 0.25) is 0 Å². The fraction of sp³-hybridized carbons (Fsp3) is 0.750. The first kappa shape index (κ1) is 9.01. The van der Waals surface area contributed by atoms with E-state index in [0.717, 1.165) is 6.54 Å². The molecular formula is C8H13N3O. The highest BCUT2D eigenvalue weighted by atomic mass is 16.2. The van der Waals surface area contributed by atoms with Gasteiger partial charge < -0.3 is 10.2 Å². The van der Waals surface area contributed by atoms with Gasteiger partial charge in [0.2, 0.25) is 5.91 Å². The number of nitrogens with one attached hydrogen (secondary N) is 1. The van der Waals surface area contributed by atoms with Gasteiger partial charge in [0.05, 0.1) is 12.5 Å². The molecule has 0 saturated carbocycles. The summed E-state index contributed by atoms with van der Waals surface area (Å²) in [5.74, 6) is 0.0234. The number of carbonyl (C=O) groups is 1. The van der Waals surface area contributed by atoms with Crippen LogP contribution in [0.5, 0.6) is 0 Å². The van der Waals surface area contributed by atoms with E-state index in [0.29, 0.717) is 0 Å². The van der Waals surface area contributed by atoms with Crippen molar-refractivity contribution in [3.05, 3.63) is 0 Å². The summed E-state index contributed by atoms with van der Waals surface area (Å²) >= 11 is 0. The number of amides is 1. The van der Waals surface area contributed by atoms with Gasteiger partial charge in [-0.25, -0.2) is 0 Å². The van der Waals surface area contributed by atoms with Crippen LogP contribution in [-0.2, 0) is 4.79 Å². The second-order valence-electron chi connectivity index (χ2n) is 3.12. The Bertz CT molecular complexity index is 221. The Morgan fingerprint density at radius 2 is 2.50 bits per heavy atom. The molecule has 12 heavy (non-hydrogen) atoms. The Kier molecular flexibility index (Phi) is 2.66. The second-order valence-corrected chi connectivity index (χ2v) is 3.12. The zero-order valence-corrected chi connectivity index (χ0v) is 7.37. The van der Waals surface area contributed by atoms with Crippen LogP contribution in [0.3, 0.4) is 0 Å². The van der Waals surface area contributed by atoms with Gasteiger partial charge in [0.15, 0.2) is 0 Å². The number of piperazine rings is 1. The first-order valence-electron chi connectivity index (χ1n) is 4.04. The standard InChI is InChI=1S/C8H13N3O/c1-6-5-10-7(3-4-9)8(12)11(6)2/h6-7,10H,3,5H2,1-2H3. The van der Waals surface area contributed by atoms with Gasteiger partial charge in [-0.1, -0.05) is 0 Å². The molecule has 1 aliphatic rings. The number of nitrogens with zero attached hydrogens (tertiary/aromatic N) is 2. The molecule has 0 radical (unpaired) electrons. The SMILES string of the molecule is CC1CNC(CC#N)C(=O)N1C. The van der Waals surface area contributed by atoms with Gasteiger partial charge in [-0.3, -0.25) is 4.79 Å². The average molecular weight is 167 g/mol. The minimum atomic E-state index is -0.295. The van der Waals surface area contributed by atoms with Crippen LogP contribution in [0.15, 0.2) is 0 Å². The normalized spacial score (nSPS) is 30.1. The van der Waals surface area contributed by atoms with E-state index in [1.165, 1.54) is 0 Å². The van der Waals surface area contributed by atoms with Crippen molar-refractivity contribution in [1.82, 2.24) is 10.2 Å². The van der Waals surface area contributed by atoms with Crippen LogP contribution in [0.25, 0.3) is 0 Å². The summed E-state index contributed by atoms with van der Waals surface area (Å²) in [6.07, 6.45) is 0.260. The summed E-state index contributed by atoms with van der Waals surface area (Å²) in [5, 5.41) is 11.5. The Labute approximate surface area is 72.2 Å². The lowest BCUT2D eigenvalue weighted by atomic mass is 10.1. The van der Waals surface area contributed by atoms with Gasteiger partial charge in [0, 0.05) is 19.6 Å². The number of likely N-dealkylation sites (N-methyl/N-ethyl adjacent to an activating group) is 1. The molecule has 0 aliphatic carbocycles. The highest BCUT2D eigenvalue weighted by molar-refractivity contribution is 5.83. The van der Waals surface area contributed by atoms with Crippen molar-refractivity contribution in [2.24, 2.45) is 0 Å². The molecule has 4 nitrogen and oxygen atoms in total. The van der Waals surface area contributed by atoms with Gasteiger partial charge >= 0.3 is 0 Å². The summed E-state index contributed by atoms with van der Waals surface area (Å²) < 4.78 is 0. The molecule has 1 heterocycles. The highest BCUT2D eigenvalue weighted by Crippen LogP contribution is 2.07. The third kappa shape index (κ3) is 1.56. The van der Waals surface area contributed by atoms with Crippen LogP contribution in [-0.4, -0.2) is 36.5 Å². The molecule has 0 bridgehead atoms. The minimum absolute atomic E-state index is 0.0234. The Morgan fingerprint density at radius 3 is 3.08 bits per heavy atom. The zero-order chi connectivity index (χ0) is 9.14. The largest absolute Gasteiger partial charge is 0.340 e. The van der Waals surface area contributed by atoms with Crippen molar-refractivity contribution in [3.63, 3.8) is 0 Å². The number of rotatable bonds is 1. The molecule has 1 fully saturated rings. The van der Waals surface area contributed by atoms with Gasteiger partial charge in [-0.2, -0.15) is 5.26 Å². The van der Waals surface area contributed by atoms with Crippen molar-refractivity contribution >= 4 is 5.91 Å². The lowest BCUT2D eigenvalue weighted by Crippen LogP contribution is -2.57. The molecule has 0 aromatic carbocycles. The topological polar surface area (TPSA) is 56.1 Å². The van der Waals surface area contributed by atoms with E-state index in [9.17, 15) is 4.79 Å². The van der Waals surface area contributed by atoms with Crippen molar-refractivity contribution in [3.8, 4) is 6.07 Å². The molecule has 66 valence electrons. The van der Waals surface area contributed by atoms with Crippen LogP contribution in [0.4, 0.5) is 0 Å². The molecule has 1 N–H and O–H groups in total. The van der Waals surface area contributed by atoms with E-state index < -0.39 is 0 Å². The molecule has 2 unspecified atom stereocenters. The Hall–Kier alpha value is -1.08. The average Bonchev–Trinajstić information content (AvgIpc) is 2.07. The molecule has 0 aromatic heterocycles. The molecule has 1 rings (SSSR count). The third-order valence-corrected chi connectivity index (χ3v) is 2.26. The second kappa shape index (κ2) is 3.55. The molecular weight excluding hydrogens is 154 g/mol. The summed E-state index contributed by atoms with van der Waals surface area (Å²) in [7, 11) is 1.78. The van der Waals surface area contributed by atoms with Gasteiger partial charge in [-0.15, -0.1) is 0 Å². The van der Waals surface area contributed by atoms with Crippen LogP contribution in [0, 0.1) is 11.3 Å². The third-order valence-electron chi connectivity index (χ3n) is 2.26. The van der Waals surface area contributed by atoms with Gasteiger partial charge in [0.1, 0.15) is 6.04 Å². The maximum atomic E-state index is 11.4. The molecule has 1 saturated heterocycles. The molecule has 4 heteroatoms. The van der Waals surface area contributed by atoms with Crippen molar-refractivity contribution in [2.75, 3.05) is 13.6 Å². The quantitative estimate of drug-likeness (QED) is 0.584. The van der Waals surface area contributed by atoms with E-state index in [2.05, 4.69) is 5.32 Å². The maximum Gasteiger partial charge on any atom is 0.240 e. The van der Waals surface area contributed by atoms with Crippen LogP contribution in [0.1, 0.15) is 13.3 Å². The number of hydrogen-bond donors (Lipinski definition) is 1. The van der Waals surface area contributed by atoms with E-state index in [-0.39, 0.29) is 24.4 Å². The van der Waals surface area contributed by atoms with E-state index in [1.54, 1.807) is 11.9 Å². The van der Waals surface area contributed by atoms with Crippen LogP contribution >= 0.6 is 0 Å². The maximum absolute atomic E-state index is 11.4. The lowest BCUT2D eigenvalue weighted by molar-refractivity contribution is -0.136. The van der Waals surface area contributed by atoms with E-state index in [1.807, 2.05) is 13.0 Å². The summed E-state index contributed by atoms with van der Waals surface area (Å²) in [5.41, 5.74) is 0. The molecule has 2 atom stereocenters. The Balaban J connectivity index is 2.60. The van der Waals surface area contributed by atoms with E-state index >= 15 is 0 Å². The smallest absolute Gasteiger partial charge is 0.240 e. The molecule has 1 aliphatic heterocycles. The lowest BCUT2D eigenvalue weighted by Gasteiger charge is -2.34. The van der Waals surface area contributed by atoms with Crippen molar-refractivity contribution in [2.45, 2.75) is 25.4 Å². The van der Waals surface area contributed by atoms with Gasteiger partial charge in [-0.05, 0) is 6.92 Å². The van der Waals surface area contributed by atoms with Crippen molar-refractivity contribution in [1.29, 1.82) is 5.26 Å². The highest BCUT2D eigenvalue weighted by Gasteiger charge is 2.29. The molecule has 0 aromatic rings.